The van der Waals surface area contributed by atoms with Gasteiger partial charge in [0, 0.05) is 7.05 Å². The number of hydrogen-bond donors (Lipinski definition) is 1. The monoisotopic (exact) mass is 304 g/mol. The number of carbonyl (C=O) groups is 1. The highest BCUT2D eigenvalue weighted by Gasteiger charge is 2.49. The second-order valence-electron chi connectivity index (χ2n) is 6.23. The van der Waals surface area contributed by atoms with Crippen LogP contribution in [0.1, 0.15) is 31.2 Å². The number of benzene rings is 1. The van der Waals surface area contributed by atoms with Gasteiger partial charge in [-0.05, 0) is 49.8 Å². The molecule has 1 amide bonds. The molecule has 1 aromatic rings. The van der Waals surface area contributed by atoms with Gasteiger partial charge in [0.05, 0.1) is 25.9 Å². The summed E-state index contributed by atoms with van der Waals surface area (Å²) in [7, 11) is 5.18. The second kappa shape index (κ2) is 5.80. The Morgan fingerprint density at radius 1 is 1.23 bits per heavy atom. The molecular weight excluding hydrogens is 280 g/mol. The molecule has 1 heterocycles. The fourth-order valence-corrected chi connectivity index (χ4v) is 3.75. The van der Waals surface area contributed by atoms with Crippen molar-refractivity contribution in [2.45, 2.75) is 43.8 Å². The van der Waals surface area contributed by atoms with Gasteiger partial charge in [0.25, 0.3) is 0 Å². The third kappa shape index (κ3) is 2.43. The van der Waals surface area contributed by atoms with Gasteiger partial charge in [-0.2, -0.15) is 0 Å². The number of rotatable bonds is 4. The highest BCUT2D eigenvalue weighted by atomic mass is 16.5. The van der Waals surface area contributed by atoms with Gasteiger partial charge in [-0.1, -0.05) is 6.07 Å². The average molecular weight is 304 g/mol. The Kier molecular flexibility index (Phi) is 4.00. The maximum absolute atomic E-state index is 12.6. The molecule has 1 N–H and O–H groups in total. The largest absolute Gasteiger partial charge is 0.493 e. The van der Waals surface area contributed by atoms with Crippen LogP contribution in [0.25, 0.3) is 0 Å². The Labute approximate surface area is 131 Å². The third-order valence-corrected chi connectivity index (χ3v) is 5.03. The lowest BCUT2D eigenvalue weighted by Gasteiger charge is -2.31. The van der Waals surface area contributed by atoms with E-state index in [-0.39, 0.29) is 17.6 Å². The van der Waals surface area contributed by atoms with E-state index in [1.165, 1.54) is 12.8 Å². The first-order valence-electron chi connectivity index (χ1n) is 7.86. The number of nitrogens with one attached hydrogen (secondary N) is 1. The van der Waals surface area contributed by atoms with Crippen LogP contribution in [0.3, 0.4) is 0 Å². The summed E-state index contributed by atoms with van der Waals surface area (Å²) < 4.78 is 10.6. The first-order valence-corrected chi connectivity index (χ1v) is 7.86. The number of likely N-dealkylation sites (N-methyl/N-ethyl adjacent to an activating group) is 1. The van der Waals surface area contributed by atoms with Crippen molar-refractivity contribution in [3.63, 3.8) is 0 Å². The zero-order chi connectivity index (χ0) is 15.7. The number of methoxy groups -OCH3 is 2. The summed E-state index contributed by atoms with van der Waals surface area (Å²) in [6.45, 7) is 0. The molecule has 1 atom stereocenters. The summed E-state index contributed by atoms with van der Waals surface area (Å²) in [5.41, 5.74) is 0.963. The third-order valence-electron chi connectivity index (χ3n) is 5.03. The Morgan fingerprint density at radius 2 is 1.91 bits per heavy atom. The maximum Gasteiger partial charge on any atom is 0.241 e. The molecule has 1 aromatic carbocycles. The van der Waals surface area contributed by atoms with Crippen LogP contribution in [-0.4, -0.2) is 43.8 Å². The maximum atomic E-state index is 12.6. The Bertz CT molecular complexity index is 567. The van der Waals surface area contributed by atoms with Crippen LogP contribution >= 0.6 is 0 Å². The predicted molar refractivity (Wildman–Crippen MR) is 84.1 cm³/mol. The van der Waals surface area contributed by atoms with Crippen molar-refractivity contribution in [2.24, 2.45) is 0 Å². The molecular formula is C17H24N2O3. The standard InChI is InChI=1S/C17H24N2O3/c1-19-16(20)13(18-17(19)8-4-5-9-17)10-12-6-7-14(21-2)15(11-12)22-3/h6-7,11,13,18H,4-5,8-10H2,1-3H3/t13-/m0/s1. The minimum absolute atomic E-state index is 0.113. The molecule has 2 aliphatic rings. The lowest BCUT2D eigenvalue weighted by Crippen LogP contribution is -2.48. The molecule has 0 bridgehead atoms. The molecule has 1 aliphatic carbocycles. The first kappa shape index (κ1) is 15.2. The molecule has 22 heavy (non-hydrogen) atoms. The minimum atomic E-state index is -0.152. The Balaban J connectivity index is 1.77. The Hall–Kier alpha value is -1.75. The van der Waals surface area contributed by atoms with E-state index in [1.807, 2.05) is 30.1 Å². The molecule has 2 fully saturated rings. The number of amides is 1. The normalized spacial score (nSPS) is 23.3. The lowest BCUT2D eigenvalue weighted by atomic mass is 10.0. The summed E-state index contributed by atoms with van der Waals surface area (Å²) in [6, 6.07) is 5.69. The van der Waals surface area contributed by atoms with E-state index in [0.29, 0.717) is 17.9 Å². The topological polar surface area (TPSA) is 50.8 Å². The molecule has 120 valence electrons. The summed E-state index contributed by atoms with van der Waals surface area (Å²) in [4.78, 5) is 14.5. The van der Waals surface area contributed by atoms with Crippen molar-refractivity contribution in [1.82, 2.24) is 10.2 Å². The van der Waals surface area contributed by atoms with Gasteiger partial charge in [0.2, 0.25) is 5.91 Å². The van der Waals surface area contributed by atoms with Crippen molar-refractivity contribution in [3.8, 4) is 11.5 Å². The highest BCUT2D eigenvalue weighted by Crippen LogP contribution is 2.37. The molecule has 0 unspecified atom stereocenters. The van der Waals surface area contributed by atoms with E-state index in [2.05, 4.69) is 5.32 Å². The van der Waals surface area contributed by atoms with E-state index in [0.717, 1.165) is 18.4 Å². The van der Waals surface area contributed by atoms with Crippen LogP contribution in [0.5, 0.6) is 11.5 Å². The van der Waals surface area contributed by atoms with E-state index in [4.69, 9.17) is 9.47 Å². The molecule has 0 radical (unpaired) electrons. The van der Waals surface area contributed by atoms with E-state index < -0.39 is 0 Å². The molecule has 5 nitrogen and oxygen atoms in total. The van der Waals surface area contributed by atoms with Crippen LogP contribution in [-0.2, 0) is 11.2 Å². The number of carbonyl (C=O) groups excluding carboxylic acids is 1. The molecule has 0 aromatic heterocycles. The van der Waals surface area contributed by atoms with Crippen molar-refractivity contribution >= 4 is 5.91 Å². The van der Waals surface area contributed by atoms with Crippen molar-refractivity contribution in [3.05, 3.63) is 23.8 Å². The molecule has 3 rings (SSSR count). The van der Waals surface area contributed by atoms with Gasteiger partial charge < -0.3 is 14.4 Å². The highest BCUT2D eigenvalue weighted by molar-refractivity contribution is 5.85. The summed E-state index contributed by atoms with van der Waals surface area (Å²) in [5, 5.41) is 3.58. The number of nitrogens with zero attached hydrogens (tertiary/aromatic N) is 1. The van der Waals surface area contributed by atoms with Crippen LogP contribution < -0.4 is 14.8 Å². The quantitative estimate of drug-likeness (QED) is 0.924. The Morgan fingerprint density at radius 3 is 2.55 bits per heavy atom. The van der Waals surface area contributed by atoms with E-state index in [1.54, 1.807) is 14.2 Å². The zero-order valence-electron chi connectivity index (χ0n) is 13.5. The van der Waals surface area contributed by atoms with Crippen LogP contribution in [0.15, 0.2) is 18.2 Å². The predicted octanol–water partition coefficient (Wildman–Crippen LogP) is 1.95. The van der Waals surface area contributed by atoms with E-state index >= 15 is 0 Å². The van der Waals surface area contributed by atoms with Crippen LogP contribution in [0.4, 0.5) is 0 Å². The molecule has 5 heteroatoms. The number of ether oxygens (including phenoxy) is 2. The number of hydrogen-bond acceptors (Lipinski definition) is 4. The van der Waals surface area contributed by atoms with Gasteiger partial charge >= 0.3 is 0 Å². The van der Waals surface area contributed by atoms with Gasteiger partial charge in [-0.3, -0.25) is 10.1 Å². The van der Waals surface area contributed by atoms with Gasteiger partial charge in [-0.15, -0.1) is 0 Å². The summed E-state index contributed by atoms with van der Waals surface area (Å²) >= 11 is 0. The molecule has 1 saturated carbocycles. The van der Waals surface area contributed by atoms with Crippen LogP contribution in [0, 0.1) is 0 Å². The fourth-order valence-electron chi connectivity index (χ4n) is 3.75. The molecule has 1 saturated heterocycles. The van der Waals surface area contributed by atoms with E-state index in [9.17, 15) is 4.79 Å². The minimum Gasteiger partial charge on any atom is -0.493 e. The summed E-state index contributed by atoms with van der Waals surface area (Å²) in [5.74, 6) is 1.60. The summed E-state index contributed by atoms with van der Waals surface area (Å²) in [6.07, 6.45) is 5.15. The molecule has 1 aliphatic heterocycles. The fraction of sp³-hybridized carbons (Fsp3) is 0.588. The van der Waals surface area contributed by atoms with Gasteiger partial charge in [-0.25, -0.2) is 0 Å². The van der Waals surface area contributed by atoms with Crippen molar-refractivity contribution in [1.29, 1.82) is 0 Å². The van der Waals surface area contributed by atoms with Gasteiger partial charge in [0.15, 0.2) is 11.5 Å². The smallest absolute Gasteiger partial charge is 0.241 e. The SMILES string of the molecule is COc1ccc(C[C@@H]2NC3(CCCC3)N(C)C2=O)cc1OC. The first-order chi connectivity index (χ1) is 10.6. The van der Waals surface area contributed by atoms with Crippen LogP contribution in [0.2, 0.25) is 0 Å². The van der Waals surface area contributed by atoms with Crippen molar-refractivity contribution < 1.29 is 14.3 Å². The van der Waals surface area contributed by atoms with Gasteiger partial charge in [0.1, 0.15) is 0 Å². The molecule has 1 spiro atoms. The zero-order valence-corrected chi connectivity index (χ0v) is 13.5. The van der Waals surface area contributed by atoms with Crippen molar-refractivity contribution in [2.75, 3.05) is 21.3 Å². The average Bonchev–Trinajstić information content (AvgIpc) is 3.09. The second-order valence-corrected chi connectivity index (χ2v) is 6.23. The lowest BCUT2D eigenvalue weighted by molar-refractivity contribution is -0.130.